The van der Waals surface area contributed by atoms with E-state index in [2.05, 4.69) is 41.4 Å². The Morgan fingerprint density at radius 2 is 1.82 bits per heavy atom. The molecule has 2 aromatic carbocycles. The number of methoxy groups -OCH3 is 1. The first-order valence-corrected chi connectivity index (χ1v) is 11.3. The van der Waals surface area contributed by atoms with E-state index >= 15 is 0 Å². The lowest BCUT2D eigenvalue weighted by molar-refractivity contribution is -0.136. The average molecular weight is 436 g/mol. The summed E-state index contributed by atoms with van der Waals surface area (Å²) in [5.74, 6) is -0.150. The monoisotopic (exact) mass is 435 g/mol. The van der Waals surface area contributed by atoms with Crippen molar-refractivity contribution >= 4 is 23.9 Å². The molecule has 3 aromatic rings. The molecule has 5 rings (SSSR count). The maximum absolute atomic E-state index is 12.8. The first-order chi connectivity index (χ1) is 16.1. The summed E-state index contributed by atoms with van der Waals surface area (Å²) in [4.78, 5) is 29.2. The summed E-state index contributed by atoms with van der Waals surface area (Å²) < 4.78 is 4.83. The van der Waals surface area contributed by atoms with Crippen LogP contribution in [0.5, 0.6) is 0 Å². The molecule has 1 heterocycles. The molecule has 0 spiro atoms. The molecule has 2 aliphatic rings. The van der Waals surface area contributed by atoms with Crippen molar-refractivity contribution in [2.45, 2.75) is 32.1 Å². The van der Waals surface area contributed by atoms with Crippen molar-refractivity contribution in [2.75, 3.05) is 7.11 Å². The Hall–Kier alpha value is -3.79. The number of Topliss-reactive ketones (excluding diaryl/α,β-unsaturated/α-hetero) is 1. The number of hydrogen-bond acceptors (Lipinski definition) is 4. The maximum Gasteiger partial charge on any atom is 0.334 e. The predicted octanol–water partition coefficient (Wildman–Crippen LogP) is 4.97. The van der Waals surface area contributed by atoms with Crippen LogP contribution < -0.4 is 0 Å². The molecule has 0 unspecified atom stereocenters. The normalized spacial score (nSPS) is 13.4. The van der Waals surface area contributed by atoms with E-state index in [-0.39, 0.29) is 11.8 Å². The predicted molar refractivity (Wildman–Crippen MR) is 129 cm³/mol. The highest BCUT2D eigenvalue weighted by molar-refractivity contribution is 5.98. The van der Waals surface area contributed by atoms with E-state index in [1.807, 2.05) is 36.5 Å². The van der Waals surface area contributed by atoms with Gasteiger partial charge in [0.15, 0.2) is 5.78 Å². The van der Waals surface area contributed by atoms with Gasteiger partial charge in [-0.05, 0) is 70.9 Å². The maximum atomic E-state index is 12.8. The summed E-state index contributed by atoms with van der Waals surface area (Å²) in [6.07, 6.45) is 11.6. The third-order valence-electron chi connectivity index (χ3n) is 6.36. The number of ketones is 1. The van der Waals surface area contributed by atoms with Crippen molar-refractivity contribution in [3.63, 3.8) is 0 Å². The minimum atomic E-state index is -0.294. The van der Waals surface area contributed by atoms with Crippen LogP contribution in [0, 0.1) is 0 Å². The van der Waals surface area contributed by atoms with Gasteiger partial charge < -0.3 is 4.74 Å². The molecule has 0 saturated carbocycles. The van der Waals surface area contributed by atoms with Gasteiger partial charge in [-0.1, -0.05) is 48.6 Å². The zero-order chi connectivity index (χ0) is 22.8. The van der Waals surface area contributed by atoms with Crippen molar-refractivity contribution in [2.24, 2.45) is 0 Å². The smallest absolute Gasteiger partial charge is 0.334 e. The van der Waals surface area contributed by atoms with Crippen LogP contribution in [0.4, 0.5) is 0 Å². The van der Waals surface area contributed by atoms with Crippen LogP contribution >= 0.6 is 0 Å². The van der Waals surface area contributed by atoms with E-state index < -0.39 is 0 Å². The molecule has 4 heteroatoms. The number of ether oxygens (including phenoxy) is 1. The van der Waals surface area contributed by atoms with E-state index in [9.17, 15) is 9.59 Å². The highest BCUT2D eigenvalue weighted by Crippen LogP contribution is 2.25. The number of pyridine rings is 1. The van der Waals surface area contributed by atoms with Gasteiger partial charge in [0.2, 0.25) is 0 Å². The van der Waals surface area contributed by atoms with Crippen molar-refractivity contribution in [1.29, 1.82) is 0 Å². The number of carbonyl (C=O) groups excluding carboxylic acids is 2. The number of allylic oxidation sites excluding steroid dienone is 1. The van der Waals surface area contributed by atoms with Crippen molar-refractivity contribution < 1.29 is 14.3 Å². The minimum absolute atomic E-state index is 0.145. The number of fused-ring (bicyclic) bond motifs is 2. The zero-order valence-electron chi connectivity index (χ0n) is 18.6. The van der Waals surface area contributed by atoms with E-state index in [1.54, 1.807) is 0 Å². The Morgan fingerprint density at radius 1 is 0.970 bits per heavy atom. The largest absolute Gasteiger partial charge is 0.466 e. The number of esters is 1. The third-order valence-corrected chi connectivity index (χ3v) is 6.36. The first kappa shape index (κ1) is 21.1. The van der Waals surface area contributed by atoms with E-state index in [1.165, 1.54) is 18.2 Å². The SMILES string of the molecule is COC(=O)C1=Cc2cc(CCc3cccc(CC(=O)c4ccc5c(c4)C=CC5)c3)cnc2C1. The van der Waals surface area contributed by atoms with Crippen LogP contribution in [-0.4, -0.2) is 23.8 Å². The van der Waals surface area contributed by atoms with Gasteiger partial charge in [0.05, 0.1) is 12.8 Å². The number of rotatable bonds is 7. The second-order valence-corrected chi connectivity index (χ2v) is 8.66. The molecule has 0 N–H and O–H groups in total. The van der Waals surface area contributed by atoms with Crippen molar-refractivity contribution in [1.82, 2.24) is 4.98 Å². The van der Waals surface area contributed by atoms with Crippen molar-refractivity contribution in [3.05, 3.63) is 111 Å². The van der Waals surface area contributed by atoms with Crippen LogP contribution in [0.2, 0.25) is 0 Å². The summed E-state index contributed by atoms with van der Waals surface area (Å²) in [6.45, 7) is 0. The standard InChI is InChI=1S/C29H25NO3/c1-33-29(32)26-16-25-13-21(18-30-27(25)17-26)9-8-19-4-2-5-20(12-19)14-28(31)24-11-10-22-6-3-7-23(22)15-24/h2-5,7,10-13,15-16,18H,6,8-9,14,17H2,1H3. The molecule has 4 nitrogen and oxygen atoms in total. The fourth-order valence-electron chi connectivity index (χ4n) is 4.54. The van der Waals surface area contributed by atoms with Crippen LogP contribution in [0.3, 0.4) is 0 Å². The molecule has 0 fully saturated rings. The quantitative estimate of drug-likeness (QED) is 0.388. The minimum Gasteiger partial charge on any atom is -0.466 e. The highest BCUT2D eigenvalue weighted by atomic mass is 16.5. The van der Waals surface area contributed by atoms with E-state index in [4.69, 9.17) is 4.74 Å². The second kappa shape index (κ2) is 8.99. The van der Waals surface area contributed by atoms with Crippen LogP contribution in [0.15, 0.2) is 66.4 Å². The lowest BCUT2D eigenvalue weighted by Gasteiger charge is -2.08. The Balaban J connectivity index is 1.23. The fraction of sp³-hybridized carbons (Fsp3) is 0.207. The summed E-state index contributed by atoms with van der Waals surface area (Å²) >= 11 is 0. The Bertz CT molecular complexity index is 1320. The van der Waals surface area contributed by atoms with Gasteiger partial charge in [-0.15, -0.1) is 0 Å². The number of hydrogen-bond donors (Lipinski definition) is 0. The summed E-state index contributed by atoms with van der Waals surface area (Å²) in [5, 5.41) is 0. The van der Waals surface area contributed by atoms with E-state index in [0.717, 1.165) is 52.8 Å². The van der Waals surface area contributed by atoms with Gasteiger partial charge in [-0.2, -0.15) is 0 Å². The first-order valence-electron chi connectivity index (χ1n) is 11.3. The van der Waals surface area contributed by atoms with E-state index in [0.29, 0.717) is 18.4 Å². The topological polar surface area (TPSA) is 56.3 Å². The Kier molecular flexibility index (Phi) is 5.74. The number of aromatic nitrogens is 1. The molecule has 0 amide bonds. The molecule has 2 aliphatic carbocycles. The van der Waals surface area contributed by atoms with Crippen LogP contribution in [-0.2, 0) is 41.6 Å². The van der Waals surface area contributed by atoms with Gasteiger partial charge in [0, 0.05) is 30.2 Å². The molecule has 0 atom stereocenters. The Labute approximate surface area is 193 Å². The van der Waals surface area contributed by atoms with Crippen molar-refractivity contribution in [3.8, 4) is 0 Å². The molecule has 33 heavy (non-hydrogen) atoms. The summed E-state index contributed by atoms with van der Waals surface area (Å²) in [7, 11) is 1.40. The Morgan fingerprint density at radius 3 is 2.70 bits per heavy atom. The molecule has 1 aromatic heterocycles. The zero-order valence-corrected chi connectivity index (χ0v) is 18.6. The summed E-state index contributed by atoms with van der Waals surface area (Å²) in [5.41, 5.74) is 9.14. The molecule has 164 valence electrons. The molecular formula is C29H25NO3. The van der Waals surface area contributed by atoms with Gasteiger partial charge in [-0.25, -0.2) is 4.79 Å². The van der Waals surface area contributed by atoms with Gasteiger partial charge in [-0.3, -0.25) is 9.78 Å². The number of carbonyl (C=O) groups is 2. The third kappa shape index (κ3) is 4.56. The molecule has 0 saturated heterocycles. The number of nitrogens with zero attached hydrogens (tertiary/aromatic N) is 1. The van der Waals surface area contributed by atoms with Gasteiger partial charge in [0.1, 0.15) is 0 Å². The molecular weight excluding hydrogens is 410 g/mol. The van der Waals surface area contributed by atoms with Crippen LogP contribution in [0.1, 0.15) is 49.4 Å². The molecule has 0 aliphatic heterocycles. The van der Waals surface area contributed by atoms with Gasteiger partial charge in [0.25, 0.3) is 0 Å². The fourth-order valence-corrected chi connectivity index (χ4v) is 4.54. The lowest BCUT2D eigenvalue weighted by atomic mass is 9.97. The average Bonchev–Trinajstić information content (AvgIpc) is 3.48. The molecule has 0 radical (unpaired) electrons. The van der Waals surface area contributed by atoms with Crippen LogP contribution in [0.25, 0.3) is 12.2 Å². The number of benzene rings is 2. The lowest BCUT2D eigenvalue weighted by Crippen LogP contribution is -2.05. The highest BCUT2D eigenvalue weighted by Gasteiger charge is 2.20. The van der Waals surface area contributed by atoms with Gasteiger partial charge >= 0.3 is 5.97 Å². The second-order valence-electron chi connectivity index (χ2n) is 8.66. The summed E-state index contributed by atoms with van der Waals surface area (Å²) in [6, 6.07) is 16.4. The molecule has 0 bridgehead atoms. The number of aryl methyl sites for hydroxylation is 2.